The summed E-state index contributed by atoms with van der Waals surface area (Å²) in [5, 5.41) is 0. The van der Waals surface area contributed by atoms with Gasteiger partial charge in [0.25, 0.3) is 0 Å². The molecule has 3 heteroatoms. The normalized spacial score (nSPS) is 41.0. The Bertz CT molecular complexity index is 671. The van der Waals surface area contributed by atoms with Gasteiger partial charge in [0, 0.05) is 18.3 Å². The predicted molar refractivity (Wildman–Crippen MR) is 129 cm³/mol. The first-order valence-electron chi connectivity index (χ1n) is 14.1. The van der Waals surface area contributed by atoms with Crippen molar-refractivity contribution < 1.29 is 14.3 Å². The molecule has 182 valence electrons. The van der Waals surface area contributed by atoms with Gasteiger partial charge >= 0.3 is 5.97 Å². The molecule has 0 amide bonds. The van der Waals surface area contributed by atoms with Gasteiger partial charge < -0.3 is 4.74 Å². The van der Waals surface area contributed by atoms with Crippen LogP contribution in [0.15, 0.2) is 0 Å². The highest BCUT2D eigenvalue weighted by Gasteiger charge is 2.60. The molecule has 0 aromatic rings. The topological polar surface area (TPSA) is 43.4 Å². The second-order valence-corrected chi connectivity index (χ2v) is 12.3. The van der Waals surface area contributed by atoms with Crippen LogP contribution in [0.1, 0.15) is 130 Å². The van der Waals surface area contributed by atoms with E-state index in [-0.39, 0.29) is 17.5 Å². The van der Waals surface area contributed by atoms with E-state index in [0.29, 0.717) is 29.5 Å². The molecule has 4 aliphatic carbocycles. The van der Waals surface area contributed by atoms with Crippen LogP contribution in [0.2, 0.25) is 0 Å². The number of rotatable bonds is 9. The first kappa shape index (κ1) is 24.3. The third-order valence-electron chi connectivity index (χ3n) is 10.6. The average Bonchev–Trinajstić information content (AvgIpc) is 3.08. The summed E-state index contributed by atoms with van der Waals surface area (Å²) in [4.78, 5) is 25.1. The summed E-state index contributed by atoms with van der Waals surface area (Å²) < 4.78 is 5.98. The number of Topliss-reactive ketones (excluding diaryl/α,β-unsaturated/α-hetero) is 1. The first-order chi connectivity index (χ1) is 15.4. The molecule has 0 unspecified atom stereocenters. The summed E-state index contributed by atoms with van der Waals surface area (Å²) >= 11 is 0. The number of hydrogen-bond donors (Lipinski definition) is 0. The summed E-state index contributed by atoms with van der Waals surface area (Å²) in [7, 11) is 0. The van der Waals surface area contributed by atoms with Crippen molar-refractivity contribution in [3.8, 4) is 0 Å². The Balaban J connectivity index is 1.24. The maximum Gasteiger partial charge on any atom is 0.306 e. The smallest absolute Gasteiger partial charge is 0.306 e. The summed E-state index contributed by atoms with van der Waals surface area (Å²) in [5.74, 6) is 3.43. The fourth-order valence-corrected chi connectivity index (χ4v) is 8.57. The molecular weight excluding hydrogens is 396 g/mol. The molecule has 0 heterocycles. The van der Waals surface area contributed by atoms with Crippen molar-refractivity contribution >= 4 is 11.8 Å². The van der Waals surface area contributed by atoms with Crippen molar-refractivity contribution in [1.82, 2.24) is 0 Å². The molecule has 4 fully saturated rings. The van der Waals surface area contributed by atoms with Crippen LogP contribution in [-0.4, -0.2) is 17.9 Å². The fourth-order valence-electron chi connectivity index (χ4n) is 8.57. The molecular formula is C29H48O3. The van der Waals surface area contributed by atoms with Gasteiger partial charge in [0.1, 0.15) is 11.9 Å². The molecule has 3 nitrogen and oxygen atoms in total. The van der Waals surface area contributed by atoms with Crippen LogP contribution in [0.4, 0.5) is 0 Å². The highest BCUT2D eigenvalue weighted by molar-refractivity contribution is 5.87. The van der Waals surface area contributed by atoms with Gasteiger partial charge in [-0.3, -0.25) is 9.59 Å². The number of fused-ring (bicyclic) bond motifs is 5. The van der Waals surface area contributed by atoms with Crippen LogP contribution in [0.3, 0.4) is 0 Å². The van der Waals surface area contributed by atoms with Crippen LogP contribution in [0, 0.1) is 34.5 Å². The van der Waals surface area contributed by atoms with Gasteiger partial charge in [-0.1, -0.05) is 59.3 Å². The van der Waals surface area contributed by atoms with Crippen molar-refractivity contribution in [2.24, 2.45) is 34.5 Å². The lowest BCUT2D eigenvalue weighted by Gasteiger charge is -2.60. The Morgan fingerprint density at radius 3 is 2.44 bits per heavy atom. The van der Waals surface area contributed by atoms with E-state index in [4.69, 9.17) is 4.74 Å². The quantitative estimate of drug-likeness (QED) is 0.271. The number of ketones is 1. The zero-order valence-electron chi connectivity index (χ0n) is 21.1. The molecule has 0 bridgehead atoms. The molecule has 0 aliphatic heterocycles. The molecule has 0 saturated heterocycles. The number of ether oxygens (including phenoxy) is 1. The summed E-state index contributed by atoms with van der Waals surface area (Å²) in [6, 6.07) is 0. The van der Waals surface area contributed by atoms with E-state index in [1.54, 1.807) is 0 Å². The van der Waals surface area contributed by atoms with E-state index in [0.717, 1.165) is 56.8 Å². The van der Waals surface area contributed by atoms with E-state index >= 15 is 0 Å². The molecule has 0 spiro atoms. The minimum atomic E-state index is -0.0207. The standard InChI is InChI=1S/C29H48O3/c1-4-5-6-7-8-9-10-11-27(31)32-22-16-18-28(2)21(20-22)12-13-23-24-14-15-26(30)29(24,3)19-17-25(23)28/h21-25H,4-20H2,1-3H3/t21-,22+,23-,24+,25+,28-,29-/m0/s1. The minimum Gasteiger partial charge on any atom is -0.462 e. The minimum absolute atomic E-state index is 0.0207. The van der Waals surface area contributed by atoms with Crippen molar-refractivity contribution in [3.05, 3.63) is 0 Å². The predicted octanol–water partition coefficient (Wildman–Crippen LogP) is 7.65. The van der Waals surface area contributed by atoms with Gasteiger partial charge in [0.05, 0.1) is 0 Å². The Labute approximate surface area is 196 Å². The van der Waals surface area contributed by atoms with Crippen molar-refractivity contribution in [2.45, 2.75) is 136 Å². The SMILES string of the molecule is CCCCCCCCCC(=O)O[C@@H]1CC[C@@]2(C)[C@@H](CC[C@@H]3[C@H]2CC[C@]2(C)C(=O)CC[C@H]32)C1. The molecule has 4 aliphatic rings. The summed E-state index contributed by atoms with van der Waals surface area (Å²) in [5.41, 5.74) is 0.365. The Morgan fingerprint density at radius 1 is 0.906 bits per heavy atom. The molecule has 0 aromatic carbocycles. The monoisotopic (exact) mass is 444 g/mol. The second kappa shape index (κ2) is 10.2. The van der Waals surface area contributed by atoms with E-state index in [2.05, 4.69) is 20.8 Å². The van der Waals surface area contributed by atoms with E-state index in [1.165, 1.54) is 57.8 Å². The Morgan fingerprint density at radius 2 is 1.66 bits per heavy atom. The van der Waals surface area contributed by atoms with Crippen molar-refractivity contribution in [1.29, 1.82) is 0 Å². The molecule has 4 saturated carbocycles. The van der Waals surface area contributed by atoms with Crippen LogP contribution in [0.5, 0.6) is 0 Å². The molecule has 0 aromatic heterocycles. The lowest BCUT2D eigenvalue weighted by molar-refractivity contribution is -0.162. The largest absolute Gasteiger partial charge is 0.462 e. The maximum atomic E-state index is 12.6. The van der Waals surface area contributed by atoms with Crippen molar-refractivity contribution in [2.75, 3.05) is 0 Å². The maximum absolute atomic E-state index is 12.6. The lowest BCUT2D eigenvalue weighted by Crippen LogP contribution is -2.54. The number of hydrogen-bond acceptors (Lipinski definition) is 3. The van der Waals surface area contributed by atoms with Gasteiger partial charge in [-0.15, -0.1) is 0 Å². The van der Waals surface area contributed by atoms with Crippen molar-refractivity contribution in [3.63, 3.8) is 0 Å². The van der Waals surface area contributed by atoms with Gasteiger partial charge in [-0.2, -0.15) is 0 Å². The second-order valence-electron chi connectivity index (χ2n) is 12.3. The molecule has 7 atom stereocenters. The van der Waals surface area contributed by atoms with Crippen LogP contribution in [0.25, 0.3) is 0 Å². The number of carbonyl (C=O) groups excluding carboxylic acids is 2. The number of unbranched alkanes of at least 4 members (excludes halogenated alkanes) is 6. The fraction of sp³-hybridized carbons (Fsp3) is 0.931. The zero-order valence-corrected chi connectivity index (χ0v) is 21.1. The molecule has 4 rings (SSSR count). The average molecular weight is 445 g/mol. The first-order valence-corrected chi connectivity index (χ1v) is 14.1. The highest BCUT2D eigenvalue weighted by atomic mass is 16.5. The molecule has 0 radical (unpaired) electrons. The lowest BCUT2D eigenvalue weighted by atomic mass is 9.45. The third-order valence-corrected chi connectivity index (χ3v) is 10.6. The van der Waals surface area contributed by atoms with Gasteiger partial charge in [-0.05, 0) is 86.9 Å². The van der Waals surface area contributed by atoms with E-state index in [1.807, 2.05) is 0 Å². The summed E-state index contributed by atoms with van der Waals surface area (Å²) in [6.07, 6.45) is 19.6. The van der Waals surface area contributed by atoms with E-state index < -0.39 is 0 Å². The van der Waals surface area contributed by atoms with E-state index in [9.17, 15) is 9.59 Å². The van der Waals surface area contributed by atoms with Gasteiger partial charge in [0.2, 0.25) is 0 Å². The van der Waals surface area contributed by atoms with Crippen LogP contribution < -0.4 is 0 Å². The van der Waals surface area contributed by atoms with Crippen LogP contribution in [-0.2, 0) is 14.3 Å². The molecule has 0 N–H and O–H groups in total. The van der Waals surface area contributed by atoms with Gasteiger partial charge in [-0.25, -0.2) is 0 Å². The van der Waals surface area contributed by atoms with Crippen LogP contribution >= 0.6 is 0 Å². The third kappa shape index (κ3) is 4.69. The summed E-state index contributed by atoms with van der Waals surface area (Å²) in [6.45, 7) is 7.07. The number of carbonyl (C=O) groups is 2. The zero-order chi connectivity index (χ0) is 22.8. The Kier molecular flexibility index (Phi) is 7.72. The Hall–Kier alpha value is -0.860. The molecule has 32 heavy (non-hydrogen) atoms. The highest BCUT2D eigenvalue weighted by Crippen LogP contribution is 2.65. The van der Waals surface area contributed by atoms with Gasteiger partial charge in [0.15, 0.2) is 0 Å². The number of esters is 1.